The summed E-state index contributed by atoms with van der Waals surface area (Å²) in [5, 5.41) is 12.6. The number of aryl methyl sites for hydroxylation is 1. The van der Waals surface area contributed by atoms with Gasteiger partial charge in [0, 0.05) is 15.2 Å². The maximum absolute atomic E-state index is 13.3. The number of phenols is 1. The minimum Gasteiger partial charge on any atom is -0.506 e. The first-order chi connectivity index (χ1) is 17.1. The Kier molecular flexibility index (Phi) is 6.89. The molecule has 0 saturated carbocycles. The molecule has 1 atom stereocenters. The molecule has 174 valence electrons. The Hall–Kier alpha value is -3.54. The Morgan fingerprint density at radius 1 is 0.771 bits per heavy atom. The molecule has 0 heterocycles. The van der Waals surface area contributed by atoms with Crippen molar-refractivity contribution in [2.75, 3.05) is 0 Å². The van der Waals surface area contributed by atoms with Crippen LogP contribution in [0.1, 0.15) is 11.1 Å². The van der Waals surface area contributed by atoms with Gasteiger partial charge < -0.3 is 9.84 Å². The smallest absolute Gasteiger partial charge is 0.137 e. The van der Waals surface area contributed by atoms with Crippen LogP contribution >= 0.6 is 11.8 Å². The van der Waals surface area contributed by atoms with E-state index in [1.807, 2.05) is 116 Å². The number of fused-ring (bicyclic) bond motifs is 1. The first kappa shape index (κ1) is 23.2. The van der Waals surface area contributed by atoms with Gasteiger partial charge in [0.2, 0.25) is 0 Å². The molecule has 0 aliphatic carbocycles. The van der Waals surface area contributed by atoms with Crippen LogP contribution in [0.2, 0.25) is 0 Å². The summed E-state index contributed by atoms with van der Waals surface area (Å²) in [6.07, 6.45) is 0. The van der Waals surface area contributed by atoms with Gasteiger partial charge in [0.25, 0.3) is 0 Å². The molecule has 5 aromatic carbocycles. The van der Waals surface area contributed by atoms with E-state index in [-0.39, 0.29) is 5.75 Å². The molecule has 0 fully saturated rings. The second kappa shape index (κ2) is 10.4. The van der Waals surface area contributed by atoms with Gasteiger partial charge in [0.15, 0.2) is 0 Å². The third-order valence-corrected chi connectivity index (χ3v) is 8.08. The minimum absolute atomic E-state index is 0.251. The van der Waals surface area contributed by atoms with E-state index < -0.39 is 10.8 Å². The van der Waals surface area contributed by atoms with Gasteiger partial charge in [-0.2, -0.15) is 0 Å². The monoisotopic (exact) mass is 496 g/mol. The maximum Gasteiger partial charge on any atom is 0.137 e. The normalized spacial score (nSPS) is 11.9. The predicted molar refractivity (Wildman–Crippen MR) is 144 cm³/mol. The van der Waals surface area contributed by atoms with Gasteiger partial charge in [-0.15, -0.1) is 0 Å². The molecule has 0 amide bonds. The first-order valence-electron chi connectivity index (χ1n) is 11.3. The lowest BCUT2D eigenvalue weighted by Crippen LogP contribution is -1.98. The van der Waals surface area contributed by atoms with Gasteiger partial charge in [-0.05, 0) is 72.5 Å². The van der Waals surface area contributed by atoms with Crippen LogP contribution in [-0.2, 0) is 16.6 Å². The fourth-order valence-electron chi connectivity index (χ4n) is 3.85. The quantitative estimate of drug-likeness (QED) is 0.247. The van der Waals surface area contributed by atoms with Crippen LogP contribution in [0.15, 0.2) is 124 Å². The summed E-state index contributed by atoms with van der Waals surface area (Å²) in [6, 6.07) is 34.9. The van der Waals surface area contributed by atoms with E-state index in [1.165, 1.54) is 17.3 Å². The predicted octanol–water partition coefficient (Wildman–Crippen LogP) is 8.11. The Morgan fingerprint density at radius 3 is 2.06 bits per heavy atom. The largest absolute Gasteiger partial charge is 0.506 e. The maximum atomic E-state index is 13.3. The first-order valence-corrected chi connectivity index (χ1v) is 13.4. The molecule has 1 N–H and O–H groups in total. The number of aromatic hydroxyl groups is 1. The third-order valence-electron chi connectivity index (χ3n) is 5.67. The highest BCUT2D eigenvalue weighted by Crippen LogP contribution is 2.41. The molecule has 5 rings (SSSR count). The molecule has 0 spiro atoms. The molecule has 5 aromatic rings. The lowest BCUT2D eigenvalue weighted by molar-refractivity contribution is 0.469. The van der Waals surface area contributed by atoms with Crippen molar-refractivity contribution in [3.63, 3.8) is 0 Å². The van der Waals surface area contributed by atoms with E-state index >= 15 is 0 Å². The van der Waals surface area contributed by atoms with E-state index in [2.05, 4.69) is 0 Å². The van der Waals surface area contributed by atoms with Gasteiger partial charge in [-0.1, -0.05) is 71.9 Å². The van der Waals surface area contributed by atoms with E-state index in [0.717, 1.165) is 36.8 Å². The zero-order valence-electron chi connectivity index (χ0n) is 19.2. The number of hydrogen-bond donors (Lipinski definition) is 1. The number of benzene rings is 5. The molecular formula is C30H24O3S2. The molecule has 0 aliphatic heterocycles. The van der Waals surface area contributed by atoms with E-state index in [0.29, 0.717) is 11.5 Å². The van der Waals surface area contributed by atoms with Crippen molar-refractivity contribution in [1.82, 2.24) is 0 Å². The second-order valence-corrected chi connectivity index (χ2v) is 10.8. The second-order valence-electron chi connectivity index (χ2n) is 8.22. The molecule has 3 nitrogen and oxygen atoms in total. The van der Waals surface area contributed by atoms with Gasteiger partial charge in [0.1, 0.15) is 17.2 Å². The summed E-state index contributed by atoms with van der Waals surface area (Å²) in [4.78, 5) is 2.52. The molecular weight excluding hydrogens is 472 g/mol. The molecule has 35 heavy (non-hydrogen) atoms. The Labute approximate surface area is 211 Å². The Bertz CT molecular complexity index is 1480. The highest BCUT2D eigenvalue weighted by atomic mass is 32.2. The van der Waals surface area contributed by atoms with E-state index in [4.69, 9.17) is 4.74 Å². The lowest BCUT2D eigenvalue weighted by atomic mass is 10.0. The molecule has 0 bridgehead atoms. The van der Waals surface area contributed by atoms with Crippen molar-refractivity contribution in [2.45, 2.75) is 27.4 Å². The van der Waals surface area contributed by atoms with Crippen molar-refractivity contribution in [1.29, 1.82) is 0 Å². The number of hydrogen-bond acceptors (Lipinski definition) is 4. The van der Waals surface area contributed by atoms with Crippen LogP contribution in [0.25, 0.3) is 10.8 Å². The fourth-order valence-corrected chi connectivity index (χ4v) is 5.93. The SMILES string of the molecule is Cc1ccc(Oc2ccc([S@](=O)Cc3cc(Sc4ccccc4)c(O)c4ccccc34)cc2)cc1. The summed E-state index contributed by atoms with van der Waals surface area (Å²) in [7, 11) is -1.26. The average Bonchev–Trinajstić information content (AvgIpc) is 2.89. The van der Waals surface area contributed by atoms with Crippen molar-refractivity contribution in [3.8, 4) is 17.2 Å². The summed E-state index contributed by atoms with van der Waals surface area (Å²) in [6.45, 7) is 2.04. The van der Waals surface area contributed by atoms with Crippen LogP contribution in [-0.4, -0.2) is 9.32 Å². The molecule has 0 unspecified atom stereocenters. The van der Waals surface area contributed by atoms with Gasteiger partial charge >= 0.3 is 0 Å². The van der Waals surface area contributed by atoms with Crippen molar-refractivity contribution in [2.24, 2.45) is 0 Å². The van der Waals surface area contributed by atoms with Gasteiger partial charge in [-0.25, -0.2) is 0 Å². The Morgan fingerprint density at radius 2 is 1.37 bits per heavy atom. The highest BCUT2D eigenvalue weighted by Gasteiger charge is 2.15. The molecule has 0 aliphatic rings. The van der Waals surface area contributed by atoms with Crippen molar-refractivity contribution < 1.29 is 14.1 Å². The summed E-state index contributed by atoms with van der Waals surface area (Å²) in [5.41, 5.74) is 2.12. The molecule has 5 heteroatoms. The summed E-state index contributed by atoms with van der Waals surface area (Å²) >= 11 is 1.50. The van der Waals surface area contributed by atoms with Crippen LogP contribution in [0.4, 0.5) is 0 Å². The minimum atomic E-state index is -1.26. The summed E-state index contributed by atoms with van der Waals surface area (Å²) in [5.74, 6) is 2.07. The number of ether oxygens (including phenoxy) is 1. The standard InChI is InChI=1S/C30H24O3S2/c1-21-11-13-23(14-12-21)33-24-15-17-26(18-16-24)35(32)20-22-19-29(34-25-7-3-2-4-8-25)30(31)28-10-6-5-9-27(22)28/h2-19,31H,20H2,1H3/t35-/m1/s1. The fraction of sp³-hybridized carbons (Fsp3) is 0.0667. The average molecular weight is 497 g/mol. The van der Waals surface area contributed by atoms with Gasteiger partial charge in [-0.3, -0.25) is 4.21 Å². The highest BCUT2D eigenvalue weighted by molar-refractivity contribution is 7.99. The van der Waals surface area contributed by atoms with Crippen LogP contribution in [0, 0.1) is 6.92 Å². The number of rotatable bonds is 7. The molecule has 0 aromatic heterocycles. The van der Waals surface area contributed by atoms with Crippen LogP contribution in [0.5, 0.6) is 17.2 Å². The van der Waals surface area contributed by atoms with Crippen LogP contribution < -0.4 is 4.74 Å². The van der Waals surface area contributed by atoms with E-state index in [9.17, 15) is 9.32 Å². The third kappa shape index (κ3) is 5.42. The molecule has 0 radical (unpaired) electrons. The zero-order valence-corrected chi connectivity index (χ0v) is 20.8. The van der Waals surface area contributed by atoms with Crippen LogP contribution in [0.3, 0.4) is 0 Å². The van der Waals surface area contributed by atoms with Crippen molar-refractivity contribution in [3.05, 3.63) is 120 Å². The zero-order chi connectivity index (χ0) is 24.2. The lowest BCUT2D eigenvalue weighted by Gasteiger charge is -2.13. The van der Waals surface area contributed by atoms with Crippen molar-refractivity contribution >= 4 is 33.3 Å². The van der Waals surface area contributed by atoms with E-state index in [1.54, 1.807) is 0 Å². The van der Waals surface area contributed by atoms with Gasteiger partial charge in [0.05, 0.1) is 21.4 Å². The summed E-state index contributed by atoms with van der Waals surface area (Å²) < 4.78 is 19.2. The topological polar surface area (TPSA) is 46.5 Å². The Balaban J connectivity index is 1.40. The molecule has 0 saturated heterocycles. The number of phenolic OH excluding ortho intramolecular Hbond substituents is 1.